The Kier molecular flexibility index (Phi) is 2.56. The Morgan fingerprint density at radius 1 is 1.70 bits per heavy atom. The summed E-state index contributed by atoms with van der Waals surface area (Å²) in [6, 6.07) is 0. The van der Waals surface area contributed by atoms with Crippen LogP contribution in [-0.2, 0) is 4.79 Å². The van der Waals surface area contributed by atoms with Crippen molar-refractivity contribution in [1.29, 1.82) is 0 Å². The summed E-state index contributed by atoms with van der Waals surface area (Å²) in [5, 5.41) is 17.7. The van der Waals surface area contributed by atoms with Crippen molar-refractivity contribution in [2.45, 2.75) is 24.2 Å². The third kappa shape index (κ3) is 2.58. The summed E-state index contributed by atoms with van der Waals surface area (Å²) in [5.41, 5.74) is 0. The van der Waals surface area contributed by atoms with Gasteiger partial charge in [-0.15, -0.1) is 0 Å². The zero-order valence-corrected chi connectivity index (χ0v) is 6.30. The van der Waals surface area contributed by atoms with Crippen LogP contribution in [-0.4, -0.2) is 33.3 Å². The lowest BCUT2D eigenvalue weighted by molar-refractivity contribution is -0.145. The number of carboxylic acids is 1. The Morgan fingerprint density at radius 3 is 2.70 bits per heavy atom. The third-order valence-electron chi connectivity index (χ3n) is 1.30. The SMILES string of the molecule is O=C(O)[C@@H](O)CSC1CC1. The highest BCUT2D eigenvalue weighted by molar-refractivity contribution is 8.00. The number of hydrogen-bond acceptors (Lipinski definition) is 3. The molecular formula is C6H10O3S. The molecule has 0 amide bonds. The van der Waals surface area contributed by atoms with E-state index in [4.69, 9.17) is 10.2 Å². The molecule has 0 aromatic carbocycles. The van der Waals surface area contributed by atoms with Crippen LogP contribution < -0.4 is 0 Å². The summed E-state index contributed by atoms with van der Waals surface area (Å²) in [7, 11) is 0. The van der Waals surface area contributed by atoms with Gasteiger partial charge >= 0.3 is 5.97 Å². The van der Waals surface area contributed by atoms with Crippen molar-refractivity contribution in [3.63, 3.8) is 0 Å². The first-order chi connectivity index (χ1) is 4.70. The molecule has 0 heterocycles. The monoisotopic (exact) mass is 162 g/mol. The van der Waals surface area contributed by atoms with E-state index in [0.717, 1.165) is 0 Å². The van der Waals surface area contributed by atoms with E-state index in [1.165, 1.54) is 12.8 Å². The van der Waals surface area contributed by atoms with E-state index in [2.05, 4.69) is 0 Å². The average Bonchev–Trinajstić information content (AvgIpc) is 2.64. The van der Waals surface area contributed by atoms with Gasteiger partial charge in [-0.05, 0) is 12.8 Å². The van der Waals surface area contributed by atoms with Crippen molar-refractivity contribution in [1.82, 2.24) is 0 Å². The first-order valence-electron chi connectivity index (χ1n) is 3.22. The number of aliphatic hydroxyl groups is 1. The van der Waals surface area contributed by atoms with E-state index in [1.54, 1.807) is 11.8 Å². The predicted molar refractivity (Wildman–Crippen MR) is 39.1 cm³/mol. The molecule has 0 spiro atoms. The van der Waals surface area contributed by atoms with Crippen LogP contribution in [0.25, 0.3) is 0 Å². The van der Waals surface area contributed by atoms with Gasteiger partial charge in [-0.3, -0.25) is 0 Å². The molecule has 1 atom stereocenters. The van der Waals surface area contributed by atoms with Crippen LogP contribution in [0.4, 0.5) is 0 Å². The van der Waals surface area contributed by atoms with E-state index in [0.29, 0.717) is 11.0 Å². The molecule has 1 saturated carbocycles. The first kappa shape index (κ1) is 7.88. The number of aliphatic carboxylic acids is 1. The van der Waals surface area contributed by atoms with E-state index < -0.39 is 12.1 Å². The minimum Gasteiger partial charge on any atom is -0.479 e. The van der Waals surface area contributed by atoms with Gasteiger partial charge in [0.15, 0.2) is 6.10 Å². The average molecular weight is 162 g/mol. The van der Waals surface area contributed by atoms with Gasteiger partial charge in [-0.2, -0.15) is 11.8 Å². The second-order valence-electron chi connectivity index (χ2n) is 2.39. The van der Waals surface area contributed by atoms with Crippen LogP contribution in [0.15, 0.2) is 0 Å². The van der Waals surface area contributed by atoms with Crippen LogP contribution in [0.5, 0.6) is 0 Å². The fourth-order valence-electron chi connectivity index (χ4n) is 0.533. The largest absolute Gasteiger partial charge is 0.479 e. The first-order valence-corrected chi connectivity index (χ1v) is 4.27. The van der Waals surface area contributed by atoms with Crippen LogP contribution >= 0.6 is 11.8 Å². The van der Waals surface area contributed by atoms with Gasteiger partial charge in [-0.25, -0.2) is 4.79 Å². The topological polar surface area (TPSA) is 57.5 Å². The van der Waals surface area contributed by atoms with Crippen LogP contribution in [0.2, 0.25) is 0 Å². The summed E-state index contributed by atoms with van der Waals surface area (Å²) < 4.78 is 0. The van der Waals surface area contributed by atoms with Gasteiger partial charge in [0.25, 0.3) is 0 Å². The van der Waals surface area contributed by atoms with Gasteiger partial charge in [0.2, 0.25) is 0 Å². The maximum Gasteiger partial charge on any atom is 0.333 e. The Labute approximate surface area is 63.4 Å². The number of rotatable bonds is 4. The number of carbonyl (C=O) groups is 1. The maximum atomic E-state index is 10.1. The molecule has 58 valence electrons. The molecule has 0 aliphatic heterocycles. The standard InChI is InChI=1S/C6H10O3S/c7-5(6(8)9)3-10-4-1-2-4/h4-5,7H,1-3H2,(H,8,9)/t5-/m0/s1. The molecule has 1 aliphatic rings. The lowest BCUT2D eigenvalue weighted by Crippen LogP contribution is -2.22. The van der Waals surface area contributed by atoms with E-state index >= 15 is 0 Å². The van der Waals surface area contributed by atoms with E-state index in [1.807, 2.05) is 0 Å². The third-order valence-corrected chi connectivity index (χ3v) is 2.75. The minimum absolute atomic E-state index is 0.333. The molecule has 0 aromatic rings. The number of aliphatic hydroxyl groups excluding tert-OH is 1. The predicted octanol–water partition coefficient (Wildman–Crippen LogP) is 0.328. The second kappa shape index (κ2) is 3.25. The molecular weight excluding hydrogens is 152 g/mol. The molecule has 0 radical (unpaired) electrons. The molecule has 10 heavy (non-hydrogen) atoms. The van der Waals surface area contributed by atoms with Gasteiger partial charge in [-0.1, -0.05) is 0 Å². The van der Waals surface area contributed by atoms with Gasteiger partial charge in [0, 0.05) is 11.0 Å². The van der Waals surface area contributed by atoms with Crippen LogP contribution in [0.3, 0.4) is 0 Å². The van der Waals surface area contributed by atoms with Crippen molar-refractivity contribution in [2.24, 2.45) is 0 Å². The van der Waals surface area contributed by atoms with Crippen LogP contribution in [0.1, 0.15) is 12.8 Å². The van der Waals surface area contributed by atoms with Crippen molar-refractivity contribution in [3.8, 4) is 0 Å². The number of hydrogen-bond donors (Lipinski definition) is 2. The zero-order valence-electron chi connectivity index (χ0n) is 5.49. The van der Waals surface area contributed by atoms with Crippen molar-refractivity contribution in [2.75, 3.05) is 5.75 Å². The molecule has 1 rings (SSSR count). The van der Waals surface area contributed by atoms with Gasteiger partial charge in [0.1, 0.15) is 0 Å². The molecule has 3 nitrogen and oxygen atoms in total. The highest BCUT2D eigenvalue weighted by Gasteiger charge is 2.24. The van der Waals surface area contributed by atoms with Gasteiger partial charge in [0.05, 0.1) is 0 Å². The molecule has 2 N–H and O–H groups in total. The van der Waals surface area contributed by atoms with Crippen molar-refractivity contribution < 1.29 is 15.0 Å². The Hall–Kier alpha value is -0.220. The summed E-state index contributed by atoms with van der Waals surface area (Å²) in [6.45, 7) is 0. The van der Waals surface area contributed by atoms with Crippen LogP contribution in [0, 0.1) is 0 Å². The highest BCUT2D eigenvalue weighted by atomic mass is 32.2. The molecule has 0 unspecified atom stereocenters. The molecule has 1 aliphatic carbocycles. The molecule has 0 bridgehead atoms. The lowest BCUT2D eigenvalue weighted by Gasteiger charge is -2.02. The second-order valence-corrected chi connectivity index (χ2v) is 3.72. The summed E-state index contributed by atoms with van der Waals surface area (Å²) >= 11 is 1.55. The summed E-state index contributed by atoms with van der Waals surface area (Å²) in [4.78, 5) is 10.1. The lowest BCUT2D eigenvalue weighted by atomic mass is 10.4. The van der Waals surface area contributed by atoms with Crippen molar-refractivity contribution >= 4 is 17.7 Å². The van der Waals surface area contributed by atoms with Crippen molar-refractivity contribution in [3.05, 3.63) is 0 Å². The molecule has 4 heteroatoms. The number of carboxylic acid groups (broad SMARTS) is 1. The zero-order chi connectivity index (χ0) is 7.56. The fraction of sp³-hybridized carbons (Fsp3) is 0.833. The Morgan fingerprint density at radius 2 is 2.30 bits per heavy atom. The summed E-state index contributed by atoms with van der Waals surface area (Å²) in [5.74, 6) is -0.784. The fourth-order valence-corrected chi connectivity index (χ4v) is 1.60. The minimum atomic E-state index is -1.18. The normalized spacial score (nSPS) is 20.5. The number of thioether (sulfide) groups is 1. The molecule has 1 fully saturated rings. The highest BCUT2D eigenvalue weighted by Crippen LogP contribution is 2.34. The molecule has 0 saturated heterocycles. The molecule has 0 aromatic heterocycles. The Bertz CT molecular complexity index is 133. The Balaban J connectivity index is 2.05. The van der Waals surface area contributed by atoms with E-state index in [9.17, 15) is 4.79 Å². The maximum absolute atomic E-state index is 10.1. The van der Waals surface area contributed by atoms with Gasteiger partial charge < -0.3 is 10.2 Å². The quantitative estimate of drug-likeness (QED) is 0.625. The summed E-state index contributed by atoms with van der Waals surface area (Å²) in [6.07, 6.45) is 1.18. The smallest absolute Gasteiger partial charge is 0.333 e. The van der Waals surface area contributed by atoms with E-state index in [-0.39, 0.29) is 0 Å².